The number of rotatable bonds is 4. The van der Waals surface area contributed by atoms with Crippen molar-refractivity contribution in [2.45, 2.75) is 6.92 Å². The van der Waals surface area contributed by atoms with Gasteiger partial charge in [0.2, 0.25) is 0 Å². The first-order valence-corrected chi connectivity index (χ1v) is 7.58. The number of nitrogens with one attached hydrogen (secondary N) is 1. The summed E-state index contributed by atoms with van der Waals surface area (Å²) in [5.74, 6) is -1.21. The van der Waals surface area contributed by atoms with E-state index in [0.29, 0.717) is 16.4 Å². The molecule has 120 valence electrons. The van der Waals surface area contributed by atoms with Gasteiger partial charge in [0.1, 0.15) is 5.15 Å². The number of carboxylic acid groups (broad SMARTS) is 1. The molecule has 0 saturated carbocycles. The Morgan fingerprint density at radius 1 is 1.21 bits per heavy atom. The Morgan fingerprint density at radius 3 is 2.67 bits per heavy atom. The average molecular weight is 339 g/mol. The molecule has 5 nitrogen and oxygen atoms in total. The third kappa shape index (κ3) is 3.52. The molecule has 0 unspecified atom stereocenters. The molecule has 0 aliphatic carbocycles. The summed E-state index contributed by atoms with van der Waals surface area (Å²) in [7, 11) is 0. The summed E-state index contributed by atoms with van der Waals surface area (Å²) in [5, 5.41) is 16.2. The van der Waals surface area contributed by atoms with Crippen molar-refractivity contribution in [2.24, 2.45) is 5.10 Å². The summed E-state index contributed by atoms with van der Waals surface area (Å²) in [6.45, 7) is 2.01. The molecule has 24 heavy (non-hydrogen) atoms. The van der Waals surface area contributed by atoms with E-state index >= 15 is 0 Å². The molecule has 2 aromatic carbocycles. The van der Waals surface area contributed by atoms with Crippen LogP contribution in [0.5, 0.6) is 0 Å². The van der Waals surface area contributed by atoms with Crippen molar-refractivity contribution in [3.05, 3.63) is 70.4 Å². The lowest BCUT2D eigenvalue weighted by molar-refractivity contribution is -0.255. The van der Waals surface area contributed by atoms with Crippen LogP contribution < -0.4 is 10.5 Å². The smallest absolute Gasteiger partial charge is 0.138 e. The standard InChI is InChI=1S/C18H14ClN3O2/c1-11-2-7-16-13(8-11)9-14(17(19)21-16)10-20-22-15-5-3-12(4-6-15)18(23)24/h2-10,22H,1H3,(H,23,24)/p-1/b20-10-. The van der Waals surface area contributed by atoms with Crippen LogP contribution in [-0.4, -0.2) is 17.2 Å². The Kier molecular flexibility index (Phi) is 4.44. The number of halogens is 1. The average Bonchev–Trinajstić information content (AvgIpc) is 2.56. The molecule has 0 amide bonds. The van der Waals surface area contributed by atoms with Gasteiger partial charge in [0, 0.05) is 10.9 Å². The molecule has 1 N–H and O–H groups in total. The van der Waals surface area contributed by atoms with Crippen molar-refractivity contribution in [1.29, 1.82) is 0 Å². The molecule has 0 saturated heterocycles. The quantitative estimate of drug-likeness (QED) is 0.450. The predicted molar refractivity (Wildman–Crippen MR) is 93.5 cm³/mol. The Bertz CT molecular complexity index is 937. The number of aromatic carboxylic acids is 1. The molecule has 1 heterocycles. The number of carbonyl (C=O) groups excluding carboxylic acids is 1. The second-order valence-electron chi connectivity index (χ2n) is 5.30. The van der Waals surface area contributed by atoms with Crippen LogP contribution >= 0.6 is 11.6 Å². The van der Waals surface area contributed by atoms with E-state index in [1.54, 1.807) is 18.3 Å². The van der Waals surface area contributed by atoms with E-state index in [2.05, 4.69) is 15.5 Å². The highest BCUT2D eigenvalue weighted by Crippen LogP contribution is 2.20. The Hall–Kier alpha value is -2.92. The van der Waals surface area contributed by atoms with Crippen LogP contribution in [0.4, 0.5) is 5.69 Å². The molecule has 0 spiro atoms. The van der Waals surface area contributed by atoms with Gasteiger partial charge < -0.3 is 9.90 Å². The molecule has 3 rings (SSSR count). The van der Waals surface area contributed by atoms with Gasteiger partial charge in [0.15, 0.2) is 0 Å². The summed E-state index contributed by atoms with van der Waals surface area (Å²) in [6.07, 6.45) is 1.57. The predicted octanol–water partition coefficient (Wildman–Crippen LogP) is 3.01. The molecule has 0 atom stereocenters. The summed E-state index contributed by atoms with van der Waals surface area (Å²) < 4.78 is 0. The second-order valence-corrected chi connectivity index (χ2v) is 5.66. The van der Waals surface area contributed by atoms with Crippen LogP contribution in [-0.2, 0) is 0 Å². The van der Waals surface area contributed by atoms with Crippen molar-refractivity contribution in [1.82, 2.24) is 4.98 Å². The van der Waals surface area contributed by atoms with Gasteiger partial charge in [0.25, 0.3) is 0 Å². The van der Waals surface area contributed by atoms with Crippen LogP contribution in [0, 0.1) is 6.92 Å². The SMILES string of the molecule is Cc1ccc2nc(Cl)c(/C=N\Nc3ccc(C(=O)[O-])cc3)cc2c1. The number of carboxylic acids is 1. The maximum Gasteiger partial charge on any atom is 0.138 e. The highest BCUT2D eigenvalue weighted by molar-refractivity contribution is 6.32. The highest BCUT2D eigenvalue weighted by atomic mass is 35.5. The number of pyridine rings is 1. The molecular formula is C18H13ClN3O2-. The normalized spacial score (nSPS) is 11.1. The number of fused-ring (bicyclic) bond motifs is 1. The number of hydrogen-bond acceptors (Lipinski definition) is 5. The van der Waals surface area contributed by atoms with Crippen LogP contribution in [0.25, 0.3) is 10.9 Å². The molecular weight excluding hydrogens is 326 g/mol. The van der Waals surface area contributed by atoms with Gasteiger partial charge in [0.05, 0.1) is 23.4 Å². The molecule has 0 aliphatic rings. The Labute approximate surface area is 143 Å². The van der Waals surface area contributed by atoms with Crippen LogP contribution in [0.3, 0.4) is 0 Å². The van der Waals surface area contributed by atoms with Crippen LogP contribution in [0.2, 0.25) is 5.15 Å². The molecule has 3 aromatic rings. The van der Waals surface area contributed by atoms with Gasteiger partial charge in [-0.15, -0.1) is 0 Å². The van der Waals surface area contributed by atoms with Crippen molar-refractivity contribution >= 4 is 40.4 Å². The number of nitrogens with zero attached hydrogens (tertiary/aromatic N) is 2. The summed E-state index contributed by atoms with van der Waals surface area (Å²) in [6, 6.07) is 14.0. The number of aromatic nitrogens is 1. The lowest BCUT2D eigenvalue weighted by Crippen LogP contribution is -2.21. The minimum atomic E-state index is -1.21. The molecule has 0 aliphatic heterocycles. The third-order valence-corrected chi connectivity index (χ3v) is 3.77. The number of benzene rings is 2. The van der Waals surface area contributed by atoms with Gasteiger partial charge in [-0.3, -0.25) is 5.43 Å². The monoisotopic (exact) mass is 338 g/mol. The molecule has 0 fully saturated rings. The fourth-order valence-corrected chi connectivity index (χ4v) is 2.43. The van der Waals surface area contributed by atoms with Crippen molar-refractivity contribution in [3.8, 4) is 0 Å². The topological polar surface area (TPSA) is 77.4 Å². The zero-order chi connectivity index (χ0) is 17.1. The number of carbonyl (C=O) groups is 1. The first-order chi connectivity index (χ1) is 11.5. The second kappa shape index (κ2) is 6.68. The molecule has 0 radical (unpaired) electrons. The largest absolute Gasteiger partial charge is 0.545 e. The van der Waals surface area contributed by atoms with Gasteiger partial charge in [-0.25, -0.2) is 4.98 Å². The number of anilines is 1. The van der Waals surface area contributed by atoms with Crippen LogP contribution in [0.15, 0.2) is 53.6 Å². The Balaban J connectivity index is 1.79. The summed E-state index contributed by atoms with van der Waals surface area (Å²) in [4.78, 5) is 15.0. The fraction of sp³-hybridized carbons (Fsp3) is 0.0556. The van der Waals surface area contributed by atoms with E-state index < -0.39 is 5.97 Å². The first-order valence-electron chi connectivity index (χ1n) is 7.20. The van der Waals surface area contributed by atoms with Crippen molar-refractivity contribution < 1.29 is 9.90 Å². The summed E-state index contributed by atoms with van der Waals surface area (Å²) in [5.41, 5.74) is 6.23. The van der Waals surface area contributed by atoms with E-state index in [0.717, 1.165) is 16.5 Å². The summed E-state index contributed by atoms with van der Waals surface area (Å²) >= 11 is 6.18. The van der Waals surface area contributed by atoms with Gasteiger partial charge >= 0.3 is 0 Å². The van der Waals surface area contributed by atoms with E-state index in [9.17, 15) is 9.90 Å². The van der Waals surface area contributed by atoms with E-state index in [4.69, 9.17) is 11.6 Å². The van der Waals surface area contributed by atoms with E-state index in [1.165, 1.54) is 12.1 Å². The molecule has 6 heteroatoms. The van der Waals surface area contributed by atoms with Gasteiger partial charge in [-0.1, -0.05) is 35.4 Å². The lowest BCUT2D eigenvalue weighted by Gasteiger charge is -2.05. The van der Waals surface area contributed by atoms with E-state index in [1.807, 2.05) is 31.2 Å². The highest BCUT2D eigenvalue weighted by Gasteiger charge is 2.03. The minimum absolute atomic E-state index is 0.113. The third-order valence-electron chi connectivity index (χ3n) is 3.47. The minimum Gasteiger partial charge on any atom is -0.545 e. The maximum absolute atomic E-state index is 10.7. The van der Waals surface area contributed by atoms with Gasteiger partial charge in [-0.05, 0) is 42.8 Å². The van der Waals surface area contributed by atoms with Crippen LogP contribution in [0.1, 0.15) is 21.5 Å². The fourth-order valence-electron chi connectivity index (χ4n) is 2.24. The number of aryl methyl sites for hydroxylation is 1. The maximum atomic E-state index is 10.7. The first kappa shape index (κ1) is 16.0. The zero-order valence-electron chi connectivity index (χ0n) is 12.8. The zero-order valence-corrected chi connectivity index (χ0v) is 13.5. The lowest BCUT2D eigenvalue weighted by atomic mass is 10.1. The van der Waals surface area contributed by atoms with Crippen molar-refractivity contribution in [2.75, 3.05) is 5.43 Å². The Morgan fingerprint density at radius 2 is 1.96 bits per heavy atom. The van der Waals surface area contributed by atoms with Gasteiger partial charge in [-0.2, -0.15) is 5.10 Å². The van der Waals surface area contributed by atoms with Crippen molar-refractivity contribution in [3.63, 3.8) is 0 Å². The molecule has 0 bridgehead atoms. The molecule has 1 aromatic heterocycles. The number of hydrogen-bond donors (Lipinski definition) is 1. The van der Waals surface area contributed by atoms with E-state index in [-0.39, 0.29) is 5.56 Å². The number of hydrazone groups is 1.